The van der Waals surface area contributed by atoms with Crippen molar-refractivity contribution in [3.63, 3.8) is 0 Å². The van der Waals surface area contributed by atoms with Crippen LogP contribution < -0.4 is 14.8 Å². The van der Waals surface area contributed by atoms with Crippen molar-refractivity contribution in [1.29, 1.82) is 0 Å². The van der Waals surface area contributed by atoms with Gasteiger partial charge in [0.15, 0.2) is 0 Å². The Morgan fingerprint density at radius 2 is 1.11 bits per heavy atom. The van der Waals surface area contributed by atoms with Gasteiger partial charge in [0, 0.05) is 31.6 Å². The van der Waals surface area contributed by atoms with E-state index in [1.165, 1.54) is 11.1 Å². The molecule has 0 aliphatic carbocycles. The second-order valence-corrected chi connectivity index (χ2v) is 11.0. The van der Waals surface area contributed by atoms with E-state index in [0.717, 1.165) is 24.2 Å². The molecule has 0 heterocycles. The molecule has 5 aromatic rings. The second kappa shape index (κ2) is 16.6. The van der Waals surface area contributed by atoms with Crippen LogP contribution >= 0.6 is 0 Å². The van der Waals surface area contributed by atoms with Gasteiger partial charge in [0.25, 0.3) is 5.91 Å². The van der Waals surface area contributed by atoms with Crippen molar-refractivity contribution in [3.05, 3.63) is 167 Å². The lowest BCUT2D eigenvalue weighted by Crippen LogP contribution is -2.42. The number of carboxylic acid groups (broad SMARTS) is 1. The first-order chi connectivity index (χ1) is 22.5. The van der Waals surface area contributed by atoms with Crippen LogP contribution in [0.4, 0.5) is 0 Å². The smallest absolute Gasteiger partial charge is 0.326 e. The molecule has 0 aromatic heterocycles. The maximum absolute atomic E-state index is 12.9. The molecule has 0 saturated carbocycles. The summed E-state index contributed by atoms with van der Waals surface area (Å²) in [5, 5.41) is 12.5. The first-order valence-corrected chi connectivity index (χ1v) is 15.3. The number of carboxylic acids is 1. The van der Waals surface area contributed by atoms with E-state index in [2.05, 4.69) is 34.5 Å². The predicted molar refractivity (Wildman–Crippen MR) is 179 cm³/mol. The van der Waals surface area contributed by atoms with Gasteiger partial charge in [-0.15, -0.1) is 0 Å². The van der Waals surface area contributed by atoms with Gasteiger partial charge < -0.3 is 19.9 Å². The number of carbonyl (C=O) groups excluding carboxylic acids is 1. The van der Waals surface area contributed by atoms with Gasteiger partial charge in [0.1, 0.15) is 30.8 Å². The molecular formula is C39H38N2O5. The van der Waals surface area contributed by atoms with Gasteiger partial charge >= 0.3 is 5.97 Å². The quantitative estimate of drug-likeness (QED) is 0.128. The van der Waals surface area contributed by atoms with Gasteiger partial charge in [-0.3, -0.25) is 9.69 Å². The minimum Gasteiger partial charge on any atom is -0.492 e. The summed E-state index contributed by atoms with van der Waals surface area (Å²) in [5.74, 6) is -0.238. The predicted octanol–water partition coefficient (Wildman–Crippen LogP) is 6.77. The zero-order valence-corrected chi connectivity index (χ0v) is 25.6. The summed E-state index contributed by atoms with van der Waals surface area (Å²) in [5.41, 5.74) is 4.66. The normalized spacial score (nSPS) is 11.5. The Balaban J connectivity index is 1.11. The van der Waals surface area contributed by atoms with Crippen LogP contribution in [0.3, 0.4) is 0 Å². The number of nitrogens with zero attached hydrogens (tertiary/aromatic N) is 1. The Kier molecular flexibility index (Phi) is 11.6. The maximum Gasteiger partial charge on any atom is 0.326 e. The van der Waals surface area contributed by atoms with E-state index in [9.17, 15) is 14.7 Å². The van der Waals surface area contributed by atoms with Crippen molar-refractivity contribution in [2.24, 2.45) is 0 Å². The molecule has 0 saturated heterocycles. The van der Waals surface area contributed by atoms with Crippen molar-refractivity contribution >= 4 is 11.9 Å². The highest BCUT2D eigenvalue weighted by molar-refractivity contribution is 5.96. The van der Waals surface area contributed by atoms with Crippen molar-refractivity contribution in [2.75, 3.05) is 13.2 Å². The van der Waals surface area contributed by atoms with Crippen molar-refractivity contribution in [1.82, 2.24) is 10.2 Å². The zero-order valence-electron chi connectivity index (χ0n) is 25.6. The Hall–Kier alpha value is -5.40. The molecule has 0 unspecified atom stereocenters. The molecule has 234 valence electrons. The van der Waals surface area contributed by atoms with Gasteiger partial charge in [-0.05, 0) is 58.7 Å². The molecule has 46 heavy (non-hydrogen) atoms. The van der Waals surface area contributed by atoms with Gasteiger partial charge in [0.2, 0.25) is 0 Å². The van der Waals surface area contributed by atoms with Crippen molar-refractivity contribution in [2.45, 2.75) is 32.2 Å². The van der Waals surface area contributed by atoms with Gasteiger partial charge in [-0.25, -0.2) is 4.79 Å². The molecule has 1 atom stereocenters. The minimum atomic E-state index is -1.10. The van der Waals surface area contributed by atoms with Gasteiger partial charge in [-0.1, -0.05) is 103 Å². The highest BCUT2D eigenvalue weighted by Crippen LogP contribution is 2.17. The fourth-order valence-corrected chi connectivity index (χ4v) is 5.03. The lowest BCUT2D eigenvalue weighted by molar-refractivity contribution is -0.139. The van der Waals surface area contributed by atoms with E-state index in [1.54, 1.807) is 36.4 Å². The lowest BCUT2D eigenvalue weighted by atomic mass is 10.1. The second-order valence-electron chi connectivity index (χ2n) is 11.0. The molecule has 1 amide bonds. The molecule has 7 nitrogen and oxygen atoms in total. The fourth-order valence-electron chi connectivity index (χ4n) is 5.03. The average molecular weight is 615 g/mol. The first-order valence-electron chi connectivity index (χ1n) is 15.3. The third-order valence-corrected chi connectivity index (χ3v) is 7.51. The van der Waals surface area contributed by atoms with E-state index >= 15 is 0 Å². The number of hydrogen-bond acceptors (Lipinski definition) is 5. The summed E-state index contributed by atoms with van der Waals surface area (Å²) < 4.78 is 11.8. The molecule has 5 rings (SSSR count). The molecule has 0 fully saturated rings. The molecule has 2 N–H and O–H groups in total. The van der Waals surface area contributed by atoms with Gasteiger partial charge in [-0.2, -0.15) is 0 Å². The van der Waals surface area contributed by atoms with Crippen LogP contribution in [0.25, 0.3) is 0 Å². The number of rotatable bonds is 16. The highest BCUT2D eigenvalue weighted by Gasteiger charge is 2.21. The number of aliphatic carboxylic acids is 1. The SMILES string of the molecule is O=C(N[C@@H](Cc1ccc(OCc2ccccc2)cc1)C(=O)O)c1ccc(OCCN(Cc2ccccc2)Cc2ccccc2)cc1. The van der Waals surface area contributed by atoms with E-state index in [4.69, 9.17) is 9.47 Å². The van der Waals surface area contributed by atoms with Gasteiger partial charge in [0.05, 0.1) is 0 Å². The molecule has 7 heteroatoms. The summed E-state index contributed by atoms with van der Waals surface area (Å²) in [6.07, 6.45) is 0.143. The monoisotopic (exact) mass is 614 g/mol. The lowest BCUT2D eigenvalue weighted by Gasteiger charge is -2.23. The average Bonchev–Trinajstić information content (AvgIpc) is 3.09. The first kappa shape index (κ1) is 32.0. The summed E-state index contributed by atoms with van der Waals surface area (Å²) in [4.78, 5) is 27.3. The van der Waals surface area contributed by atoms with Crippen molar-refractivity contribution in [3.8, 4) is 11.5 Å². The van der Waals surface area contributed by atoms with Crippen LogP contribution in [0.15, 0.2) is 140 Å². The number of benzene rings is 5. The standard InChI is InChI=1S/C39H38N2O5/c42-38(40-37(39(43)44)26-30-16-20-36(21-17-30)46-29-33-14-8-3-9-15-33)34-18-22-35(23-19-34)45-25-24-41(27-31-10-4-1-5-11-31)28-32-12-6-2-7-13-32/h1-23,37H,24-29H2,(H,40,42)(H,43,44)/t37-/m0/s1. The van der Waals surface area contributed by atoms with Crippen LogP contribution in [-0.4, -0.2) is 41.1 Å². The Bertz CT molecular complexity index is 1600. The van der Waals surface area contributed by atoms with Crippen LogP contribution in [-0.2, 0) is 30.9 Å². The van der Waals surface area contributed by atoms with Crippen LogP contribution in [0, 0.1) is 0 Å². The van der Waals surface area contributed by atoms with E-state index in [0.29, 0.717) is 36.8 Å². The fraction of sp³-hybridized carbons (Fsp3) is 0.179. The molecular weight excluding hydrogens is 576 g/mol. The Morgan fingerprint density at radius 3 is 1.65 bits per heavy atom. The van der Waals surface area contributed by atoms with Crippen LogP contribution in [0.2, 0.25) is 0 Å². The summed E-state index contributed by atoms with van der Waals surface area (Å²) >= 11 is 0. The van der Waals surface area contributed by atoms with E-state index < -0.39 is 17.9 Å². The zero-order chi connectivity index (χ0) is 32.0. The summed E-state index contributed by atoms with van der Waals surface area (Å²) in [6, 6.07) is 43.5. The Morgan fingerprint density at radius 1 is 0.609 bits per heavy atom. The topological polar surface area (TPSA) is 88.1 Å². The molecule has 0 spiro atoms. The Labute approximate surface area is 270 Å². The molecule has 0 bridgehead atoms. The van der Waals surface area contributed by atoms with Crippen LogP contribution in [0.5, 0.6) is 11.5 Å². The third kappa shape index (κ3) is 10.1. The summed E-state index contributed by atoms with van der Waals surface area (Å²) in [7, 11) is 0. The van der Waals surface area contributed by atoms with E-state index in [1.807, 2.05) is 78.9 Å². The number of nitrogens with one attached hydrogen (secondary N) is 1. The van der Waals surface area contributed by atoms with Crippen molar-refractivity contribution < 1.29 is 24.2 Å². The number of hydrogen-bond donors (Lipinski definition) is 2. The van der Waals surface area contributed by atoms with Crippen LogP contribution in [0.1, 0.15) is 32.6 Å². The number of carbonyl (C=O) groups is 2. The number of ether oxygens (including phenoxy) is 2. The van der Waals surface area contributed by atoms with E-state index in [-0.39, 0.29) is 6.42 Å². The molecule has 5 aromatic carbocycles. The third-order valence-electron chi connectivity index (χ3n) is 7.51. The molecule has 0 aliphatic heterocycles. The largest absolute Gasteiger partial charge is 0.492 e. The minimum absolute atomic E-state index is 0.143. The maximum atomic E-state index is 12.9. The highest BCUT2D eigenvalue weighted by atomic mass is 16.5. The molecule has 0 aliphatic rings. The molecule has 0 radical (unpaired) electrons. The number of amides is 1. The summed E-state index contributed by atoms with van der Waals surface area (Å²) in [6.45, 7) is 3.23.